The average molecular weight is 214 g/mol. The van der Waals surface area contributed by atoms with Crippen molar-refractivity contribution in [2.75, 3.05) is 0 Å². The lowest BCUT2D eigenvalue weighted by Crippen LogP contribution is -2.00. The lowest BCUT2D eigenvalue weighted by molar-refractivity contribution is 0.969. The molecule has 0 saturated carbocycles. The highest BCUT2D eigenvalue weighted by atomic mass is 32.2. The number of aromatic amines is 2. The van der Waals surface area contributed by atoms with E-state index < -0.39 is 0 Å². The Kier molecular flexibility index (Phi) is 2.46. The summed E-state index contributed by atoms with van der Waals surface area (Å²) in [6.45, 7) is 0. The number of nitrogens with zero attached hydrogens (tertiary/aromatic N) is 2. The van der Waals surface area contributed by atoms with E-state index in [-0.39, 0.29) is 5.69 Å². The molecule has 2 aromatic rings. The van der Waals surface area contributed by atoms with Gasteiger partial charge in [-0.25, -0.2) is 14.9 Å². The fourth-order valence-corrected chi connectivity index (χ4v) is 2.16. The fourth-order valence-electron chi connectivity index (χ4n) is 0.774. The number of thioether (sulfide) groups is 1. The first kappa shape index (κ1) is 8.52. The normalized spacial score (nSPS) is 10.5. The maximum Gasteiger partial charge on any atom is 0.341 e. The van der Waals surface area contributed by atoms with Crippen LogP contribution in [0.2, 0.25) is 0 Å². The van der Waals surface area contributed by atoms with Gasteiger partial charge in [0.05, 0.1) is 11.2 Å². The summed E-state index contributed by atoms with van der Waals surface area (Å²) in [7, 11) is 0. The van der Waals surface area contributed by atoms with Crippen molar-refractivity contribution in [3.63, 3.8) is 0 Å². The summed E-state index contributed by atoms with van der Waals surface area (Å²) in [4.78, 5) is 17.3. The van der Waals surface area contributed by atoms with Crippen molar-refractivity contribution in [3.05, 3.63) is 27.1 Å². The maximum absolute atomic E-state index is 10.7. The highest BCUT2D eigenvalue weighted by Gasteiger charge is 2.00. The predicted octanol–water partition coefficient (Wildman–Crippen LogP) is 0.847. The minimum atomic E-state index is -0.277. The molecule has 0 aromatic carbocycles. The molecule has 2 N–H and O–H groups in total. The quantitative estimate of drug-likeness (QED) is 0.743. The SMILES string of the molecule is O=c1[nH]nc(SCc2cscn2)[nH]1. The third-order valence-electron chi connectivity index (χ3n) is 1.32. The van der Waals surface area contributed by atoms with Crippen LogP contribution in [0.4, 0.5) is 0 Å². The molecular formula is C6H6N4OS2. The Bertz CT molecular complexity index is 418. The summed E-state index contributed by atoms with van der Waals surface area (Å²) < 4.78 is 0. The monoisotopic (exact) mass is 214 g/mol. The van der Waals surface area contributed by atoms with Crippen molar-refractivity contribution in [2.24, 2.45) is 0 Å². The van der Waals surface area contributed by atoms with Gasteiger partial charge in [0.15, 0.2) is 5.16 Å². The molecule has 0 spiro atoms. The van der Waals surface area contributed by atoms with Crippen LogP contribution in [0.25, 0.3) is 0 Å². The molecule has 7 heteroatoms. The van der Waals surface area contributed by atoms with Crippen molar-refractivity contribution in [3.8, 4) is 0 Å². The summed E-state index contributed by atoms with van der Waals surface area (Å²) in [6.07, 6.45) is 0. The van der Waals surface area contributed by atoms with Gasteiger partial charge >= 0.3 is 5.69 Å². The van der Waals surface area contributed by atoms with Crippen LogP contribution in [-0.4, -0.2) is 20.2 Å². The summed E-state index contributed by atoms with van der Waals surface area (Å²) in [5.41, 5.74) is 2.50. The molecule has 0 fully saturated rings. The molecule has 0 atom stereocenters. The first-order valence-corrected chi connectivity index (χ1v) is 5.42. The highest BCUT2D eigenvalue weighted by Crippen LogP contribution is 2.16. The van der Waals surface area contributed by atoms with Gasteiger partial charge < -0.3 is 0 Å². The zero-order valence-corrected chi connectivity index (χ0v) is 8.11. The Hall–Kier alpha value is -1.08. The van der Waals surface area contributed by atoms with E-state index in [1.807, 2.05) is 5.38 Å². The first-order valence-electron chi connectivity index (χ1n) is 3.49. The third-order valence-corrected chi connectivity index (χ3v) is 2.86. The smallest absolute Gasteiger partial charge is 0.284 e. The molecule has 13 heavy (non-hydrogen) atoms. The van der Waals surface area contributed by atoms with Crippen LogP contribution in [0, 0.1) is 0 Å². The predicted molar refractivity (Wildman–Crippen MR) is 50.9 cm³/mol. The molecule has 0 unspecified atom stereocenters. The third kappa shape index (κ3) is 2.19. The van der Waals surface area contributed by atoms with E-state index in [0.717, 1.165) is 11.4 Å². The number of hydrogen-bond donors (Lipinski definition) is 2. The van der Waals surface area contributed by atoms with Crippen molar-refractivity contribution in [2.45, 2.75) is 10.9 Å². The number of aromatic nitrogens is 4. The van der Waals surface area contributed by atoms with Crippen LogP contribution in [0.1, 0.15) is 5.69 Å². The van der Waals surface area contributed by atoms with E-state index in [4.69, 9.17) is 0 Å². The second-order valence-corrected chi connectivity index (χ2v) is 3.93. The Morgan fingerprint density at radius 3 is 3.15 bits per heavy atom. The number of thiazole rings is 1. The maximum atomic E-state index is 10.7. The molecule has 2 rings (SSSR count). The van der Waals surface area contributed by atoms with E-state index in [2.05, 4.69) is 20.2 Å². The standard InChI is InChI=1S/C6H6N4OS2/c11-5-8-6(10-9-5)13-2-4-1-12-3-7-4/h1,3H,2H2,(H2,8,9,10,11). The van der Waals surface area contributed by atoms with Crippen LogP contribution >= 0.6 is 23.1 Å². The molecule has 0 amide bonds. The van der Waals surface area contributed by atoms with Crippen LogP contribution in [-0.2, 0) is 5.75 Å². The Labute approximate surface area is 81.6 Å². The molecule has 2 aromatic heterocycles. The minimum Gasteiger partial charge on any atom is -0.284 e. The molecule has 0 aliphatic rings. The molecule has 0 aliphatic heterocycles. The van der Waals surface area contributed by atoms with Crippen molar-refractivity contribution in [1.82, 2.24) is 20.2 Å². The average Bonchev–Trinajstić information content (AvgIpc) is 2.71. The molecule has 0 bridgehead atoms. The lowest BCUT2D eigenvalue weighted by atomic mass is 10.6. The highest BCUT2D eigenvalue weighted by molar-refractivity contribution is 7.98. The summed E-state index contributed by atoms with van der Waals surface area (Å²) in [5, 5.41) is 8.63. The summed E-state index contributed by atoms with van der Waals surface area (Å²) >= 11 is 3.00. The zero-order valence-electron chi connectivity index (χ0n) is 6.48. The van der Waals surface area contributed by atoms with Gasteiger partial charge in [-0.05, 0) is 0 Å². The van der Waals surface area contributed by atoms with Gasteiger partial charge in [-0.2, -0.15) is 0 Å². The number of hydrogen-bond acceptors (Lipinski definition) is 5. The molecule has 0 aliphatic carbocycles. The van der Waals surface area contributed by atoms with Gasteiger partial charge in [-0.15, -0.1) is 16.4 Å². The van der Waals surface area contributed by atoms with E-state index in [0.29, 0.717) is 5.16 Å². The number of nitrogens with one attached hydrogen (secondary N) is 2. The first-order chi connectivity index (χ1) is 6.34. The number of rotatable bonds is 3. The molecule has 2 heterocycles. The van der Waals surface area contributed by atoms with Crippen LogP contribution < -0.4 is 5.69 Å². The Morgan fingerprint density at radius 2 is 2.54 bits per heavy atom. The number of H-pyrrole nitrogens is 2. The Morgan fingerprint density at radius 1 is 1.62 bits per heavy atom. The molecule has 68 valence electrons. The van der Waals surface area contributed by atoms with Gasteiger partial charge in [-0.3, -0.25) is 4.98 Å². The molecule has 5 nitrogen and oxygen atoms in total. The van der Waals surface area contributed by atoms with Gasteiger partial charge in [0, 0.05) is 11.1 Å². The van der Waals surface area contributed by atoms with Crippen LogP contribution in [0.3, 0.4) is 0 Å². The summed E-state index contributed by atoms with van der Waals surface area (Å²) in [5.74, 6) is 0.726. The lowest BCUT2D eigenvalue weighted by Gasteiger charge is -1.90. The molecule has 0 radical (unpaired) electrons. The largest absolute Gasteiger partial charge is 0.341 e. The van der Waals surface area contributed by atoms with Gasteiger partial charge in [0.25, 0.3) is 0 Å². The van der Waals surface area contributed by atoms with E-state index in [1.165, 1.54) is 11.8 Å². The minimum absolute atomic E-state index is 0.277. The van der Waals surface area contributed by atoms with Crippen molar-refractivity contribution >= 4 is 23.1 Å². The zero-order chi connectivity index (χ0) is 9.10. The Balaban J connectivity index is 1.97. The molecular weight excluding hydrogens is 208 g/mol. The van der Waals surface area contributed by atoms with Gasteiger partial charge in [0.1, 0.15) is 0 Å². The summed E-state index contributed by atoms with van der Waals surface area (Å²) in [6, 6.07) is 0. The van der Waals surface area contributed by atoms with Crippen molar-refractivity contribution < 1.29 is 0 Å². The van der Waals surface area contributed by atoms with Crippen LogP contribution in [0.5, 0.6) is 0 Å². The second kappa shape index (κ2) is 3.75. The fraction of sp³-hybridized carbons (Fsp3) is 0.167. The van der Waals surface area contributed by atoms with Gasteiger partial charge in [0.2, 0.25) is 0 Å². The molecule has 0 saturated heterocycles. The van der Waals surface area contributed by atoms with Crippen molar-refractivity contribution in [1.29, 1.82) is 0 Å². The second-order valence-electron chi connectivity index (χ2n) is 2.25. The van der Waals surface area contributed by atoms with E-state index in [9.17, 15) is 4.79 Å². The van der Waals surface area contributed by atoms with E-state index >= 15 is 0 Å². The van der Waals surface area contributed by atoms with E-state index in [1.54, 1.807) is 16.8 Å². The van der Waals surface area contributed by atoms with Gasteiger partial charge in [-0.1, -0.05) is 11.8 Å². The topological polar surface area (TPSA) is 74.4 Å². The van der Waals surface area contributed by atoms with Crippen LogP contribution in [0.15, 0.2) is 20.8 Å².